The van der Waals surface area contributed by atoms with Crippen LogP contribution in [0.15, 0.2) is 0 Å². The molecule has 1 aliphatic carbocycles. The maximum Gasteiger partial charge on any atom is 0.228 e. The van der Waals surface area contributed by atoms with Crippen molar-refractivity contribution in [2.75, 3.05) is 26.2 Å². The van der Waals surface area contributed by atoms with E-state index in [0.29, 0.717) is 17.7 Å². The second kappa shape index (κ2) is 7.62. The van der Waals surface area contributed by atoms with Gasteiger partial charge in [0, 0.05) is 18.5 Å². The zero-order valence-electron chi connectivity index (χ0n) is 14.3. The highest BCUT2D eigenvalue weighted by Crippen LogP contribution is 2.44. The quantitative estimate of drug-likeness (QED) is 0.814. The molecule has 1 N–H and O–H groups in total. The molecule has 122 valence electrons. The number of carbonyl (C=O) groups excluding carboxylic acids is 1. The summed E-state index contributed by atoms with van der Waals surface area (Å²) in [5.41, 5.74) is -0.0307. The van der Waals surface area contributed by atoms with Crippen molar-refractivity contribution in [1.82, 2.24) is 10.2 Å². The fourth-order valence-corrected chi connectivity index (χ4v) is 4.41. The number of hydrogen-bond donors (Lipinski definition) is 1. The highest BCUT2D eigenvalue weighted by molar-refractivity contribution is 5.83. The van der Waals surface area contributed by atoms with Crippen LogP contribution in [-0.4, -0.2) is 37.0 Å². The Morgan fingerprint density at radius 3 is 2.38 bits per heavy atom. The molecule has 0 bridgehead atoms. The number of rotatable bonds is 6. The molecule has 0 spiro atoms. The number of piperidine rings is 1. The van der Waals surface area contributed by atoms with E-state index in [0.717, 1.165) is 45.4 Å². The molecule has 3 heteroatoms. The maximum absolute atomic E-state index is 13.2. The average molecular weight is 294 g/mol. The molecule has 1 amide bonds. The molecule has 0 atom stereocenters. The summed E-state index contributed by atoms with van der Waals surface area (Å²) in [5.74, 6) is 1.78. The van der Waals surface area contributed by atoms with Crippen molar-refractivity contribution in [3.8, 4) is 0 Å². The van der Waals surface area contributed by atoms with Crippen molar-refractivity contribution >= 4 is 5.91 Å². The van der Waals surface area contributed by atoms with E-state index in [1.54, 1.807) is 0 Å². The zero-order chi connectivity index (χ0) is 15.3. The fraction of sp³-hybridized carbons (Fsp3) is 0.944. The molecule has 0 radical (unpaired) electrons. The summed E-state index contributed by atoms with van der Waals surface area (Å²) < 4.78 is 0. The van der Waals surface area contributed by atoms with E-state index < -0.39 is 0 Å². The van der Waals surface area contributed by atoms with E-state index in [9.17, 15) is 4.79 Å². The molecule has 1 saturated carbocycles. The van der Waals surface area contributed by atoms with Crippen LogP contribution >= 0.6 is 0 Å². The van der Waals surface area contributed by atoms with Gasteiger partial charge >= 0.3 is 0 Å². The first-order valence-corrected chi connectivity index (χ1v) is 9.07. The Hall–Kier alpha value is -0.570. The van der Waals surface area contributed by atoms with E-state index in [1.165, 1.54) is 25.7 Å². The molecule has 21 heavy (non-hydrogen) atoms. The Balaban J connectivity index is 2.02. The van der Waals surface area contributed by atoms with Crippen LogP contribution in [0.25, 0.3) is 0 Å². The third-order valence-electron chi connectivity index (χ3n) is 5.42. The van der Waals surface area contributed by atoms with Crippen LogP contribution in [0.1, 0.15) is 65.7 Å². The Kier molecular flexibility index (Phi) is 6.09. The van der Waals surface area contributed by atoms with Crippen LogP contribution in [0.2, 0.25) is 0 Å². The Bertz CT molecular complexity index is 328. The molecule has 0 aromatic rings. The smallest absolute Gasteiger partial charge is 0.228 e. The minimum absolute atomic E-state index is 0.0307. The maximum atomic E-state index is 13.2. The minimum atomic E-state index is -0.0307. The van der Waals surface area contributed by atoms with Crippen molar-refractivity contribution in [3.05, 3.63) is 0 Å². The highest BCUT2D eigenvalue weighted by atomic mass is 16.2. The Morgan fingerprint density at radius 1 is 1.24 bits per heavy atom. The molecule has 0 aromatic carbocycles. The van der Waals surface area contributed by atoms with Crippen molar-refractivity contribution < 1.29 is 4.79 Å². The lowest BCUT2D eigenvalue weighted by Crippen LogP contribution is -2.46. The summed E-state index contributed by atoms with van der Waals surface area (Å²) >= 11 is 0. The fourth-order valence-electron chi connectivity index (χ4n) is 4.41. The molecule has 0 unspecified atom stereocenters. The first-order chi connectivity index (χ1) is 10.1. The largest absolute Gasteiger partial charge is 0.342 e. The van der Waals surface area contributed by atoms with Crippen LogP contribution in [0.5, 0.6) is 0 Å². The molecule has 1 heterocycles. The lowest BCUT2D eigenvalue weighted by Gasteiger charge is -2.37. The number of amides is 1. The first-order valence-electron chi connectivity index (χ1n) is 9.07. The van der Waals surface area contributed by atoms with E-state index in [2.05, 4.69) is 31.0 Å². The number of hydrogen-bond acceptors (Lipinski definition) is 2. The van der Waals surface area contributed by atoms with Crippen molar-refractivity contribution in [3.63, 3.8) is 0 Å². The lowest BCUT2D eigenvalue weighted by molar-refractivity contribution is -0.143. The standard InChI is InChI=1S/C18H34N2O/c1-4-20(14-16-7-11-19-12-8-16)17(21)18(13-15(2)3)9-5-6-10-18/h15-16,19H,4-14H2,1-3H3. The number of nitrogens with one attached hydrogen (secondary N) is 1. The predicted molar refractivity (Wildman–Crippen MR) is 88.2 cm³/mol. The first kappa shape index (κ1) is 16.8. The molecule has 2 fully saturated rings. The van der Waals surface area contributed by atoms with Gasteiger partial charge in [-0.05, 0) is 64.0 Å². The van der Waals surface area contributed by atoms with E-state index >= 15 is 0 Å². The second-order valence-corrected chi connectivity index (χ2v) is 7.62. The monoisotopic (exact) mass is 294 g/mol. The lowest BCUT2D eigenvalue weighted by atomic mass is 9.77. The van der Waals surface area contributed by atoms with Crippen LogP contribution in [0.3, 0.4) is 0 Å². The van der Waals surface area contributed by atoms with Gasteiger partial charge in [-0.3, -0.25) is 4.79 Å². The molecule has 1 aliphatic heterocycles. The summed E-state index contributed by atoms with van der Waals surface area (Å²) in [5, 5.41) is 3.42. The van der Waals surface area contributed by atoms with Crippen LogP contribution in [0.4, 0.5) is 0 Å². The van der Waals surface area contributed by atoms with Gasteiger partial charge in [-0.25, -0.2) is 0 Å². The molecular formula is C18H34N2O. The third kappa shape index (κ3) is 4.21. The summed E-state index contributed by atoms with van der Waals surface area (Å²) in [4.78, 5) is 15.4. The van der Waals surface area contributed by atoms with Crippen molar-refractivity contribution in [2.24, 2.45) is 17.3 Å². The Morgan fingerprint density at radius 2 is 1.86 bits per heavy atom. The zero-order valence-corrected chi connectivity index (χ0v) is 14.3. The summed E-state index contributed by atoms with van der Waals surface area (Å²) in [6.07, 6.45) is 8.24. The molecule has 2 rings (SSSR count). The SMILES string of the molecule is CCN(CC1CCNCC1)C(=O)C1(CC(C)C)CCCC1. The van der Waals surface area contributed by atoms with Gasteiger partial charge < -0.3 is 10.2 Å². The number of nitrogens with zero attached hydrogens (tertiary/aromatic N) is 1. The summed E-state index contributed by atoms with van der Waals surface area (Å²) in [7, 11) is 0. The van der Waals surface area contributed by atoms with Gasteiger partial charge in [0.2, 0.25) is 5.91 Å². The van der Waals surface area contributed by atoms with Gasteiger partial charge in [0.1, 0.15) is 0 Å². The predicted octanol–water partition coefficient (Wildman–Crippen LogP) is 3.44. The van der Waals surface area contributed by atoms with Crippen molar-refractivity contribution in [2.45, 2.75) is 65.7 Å². The molecule has 3 nitrogen and oxygen atoms in total. The molecule has 0 aromatic heterocycles. The van der Waals surface area contributed by atoms with Crippen LogP contribution in [0, 0.1) is 17.3 Å². The van der Waals surface area contributed by atoms with Crippen molar-refractivity contribution in [1.29, 1.82) is 0 Å². The molecular weight excluding hydrogens is 260 g/mol. The Labute approximate surface area is 130 Å². The highest BCUT2D eigenvalue weighted by Gasteiger charge is 2.43. The second-order valence-electron chi connectivity index (χ2n) is 7.62. The van der Waals surface area contributed by atoms with Gasteiger partial charge in [0.15, 0.2) is 0 Å². The molecule has 2 aliphatic rings. The third-order valence-corrected chi connectivity index (χ3v) is 5.42. The van der Waals surface area contributed by atoms with E-state index in [4.69, 9.17) is 0 Å². The van der Waals surface area contributed by atoms with Crippen LogP contribution < -0.4 is 5.32 Å². The van der Waals surface area contributed by atoms with Gasteiger partial charge in [-0.1, -0.05) is 26.7 Å². The van der Waals surface area contributed by atoms with Gasteiger partial charge in [0.05, 0.1) is 0 Å². The topological polar surface area (TPSA) is 32.3 Å². The van der Waals surface area contributed by atoms with Gasteiger partial charge in [-0.15, -0.1) is 0 Å². The van der Waals surface area contributed by atoms with E-state index in [1.807, 2.05) is 0 Å². The molecule has 1 saturated heterocycles. The number of carbonyl (C=O) groups is 1. The van der Waals surface area contributed by atoms with Gasteiger partial charge in [0.25, 0.3) is 0 Å². The normalized spacial score (nSPS) is 22.7. The summed E-state index contributed by atoms with van der Waals surface area (Å²) in [6.45, 7) is 10.8. The van der Waals surface area contributed by atoms with E-state index in [-0.39, 0.29) is 5.41 Å². The summed E-state index contributed by atoms with van der Waals surface area (Å²) in [6, 6.07) is 0. The average Bonchev–Trinajstić information content (AvgIpc) is 2.94. The minimum Gasteiger partial charge on any atom is -0.342 e. The van der Waals surface area contributed by atoms with Crippen LogP contribution in [-0.2, 0) is 4.79 Å². The van der Waals surface area contributed by atoms with Gasteiger partial charge in [-0.2, -0.15) is 0 Å².